The Morgan fingerprint density at radius 3 is 2.84 bits per heavy atom. The van der Waals surface area contributed by atoms with Crippen LogP contribution in [0.3, 0.4) is 0 Å². The highest BCUT2D eigenvalue weighted by atomic mass is 32.1. The Morgan fingerprint density at radius 2 is 2.26 bits per heavy atom. The topological polar surface area (TPSA) is 83.9 Å². The summed E-state index contributed by atoms with van der Waals surface area (Å²) in [6, 6.07) is 0. The van der Waals surface area contributed by atoms with Crippen molar-refractivity contribution in [3.8, 4) is 0 Å². The number of anilines is 1. The maximum atomic E-state index is 11.2. The van der Waals surface area contributed by atoms with E-state index in [1.807, 2.05) is 13.8 Å². The molecule has 0 saturated carbocycles. The number of aromatic nitrogens is 2. The molecular weight excluding hydrogens is 268 g/mol. The van der Waals surface area contributed by atoms with E-state index >= 15 is 0 Å². The number of imidazole rings is 1. The lowest BCUT2D eigenvalue weighted by atomic mass is 9.83. The van der Waals surface area contributed by atoms with Gasteiger partial charge in [0.2, 0.25) is 5.82 Å². The van der Waals surface area contributed by atoms with Gasteiger partial charge in [0.05, 0.1) is 13.1 Å². The molecule has 0 atom stereocenters. The predicted molar refractivity (Wildman–Crippen MR) is 71.7 cm³/mol. The van der Waals surface area contributed by atoms with Crippen molar-refractivity contribution < 1.29 is 10.0 Å². The Hall–Kier alpha value is -1.67. The Labute approximate surface area is 113 Å². The number of rotatable bonds is 3. The lowest BCUT2D eigenvalue weighted by Crippen LogP contribution is -2.65. The fourth-order valence-electron chi connectivity index (χ4n) is 2.27. The van der Waals surface area contributed by atoms with Gasteiger partial charge in [-0.05, 0) is 10.8 Å². The van der Waals surface area contributed by atoms with Crippen LogP contribution in [-0.4, -0.2) is 38.1 Å². The fourth-order valence-corrected chi connectivity index (χ4v) is 2.98. The van der Waals surface area contributed by atoms with E-state index in [4.69, 9.17) is 0 Å². The minimum Gasteiger partial charge on any atom is -0.386 e. The van der Waals surface area contributed by atoms with Crippen molar-refractivity contribution in [2.75, 3.05) is 18.0 Å². The van der Waals surface area contributed by atoms with Gasteiger partial charge in [0.15, 0.2) is 0 Å². The third-order valence-corrected chi connectivity index (χ3v) is 4.45. The van der Waals surface area contributed by atoms with Gasteiger partial charge >= 0.3 is 5.82 Å². The van der Waals surface area contributed by atoms with Crippen molar-refractivity contribution in [1.29, 1.82) is 0 Å². The van der Waals surface area contributed by atoms with Crippen LogP contribution in [0.4, 0.5) is 11.6 Å². The van der Waals surface area contributed by atoms with Crippen molar-refractivity contribution in [2.24, 2.45) is 5.92 Å². The van der Waals surface area contributed by atoms with Crippen molar-refractivity contribution in [1.82, 2.24) is 9.38 Å². The highest BCUT2D eigenvalue weighted by molar-refractivity contribution is 7.15. The molecule has 1 aliphatic heterocycles. The normalized spacial score (nSPS) is 18.0. The highest BCUT2D eigenvalue weighted by Crippen LogP contribution is 2.38. The van der Waals surface area contributed by atoms with Crippen LogP contribution in [0.1, 0.15) is 13.8 Å². The molecule has 0 bridgehead atoms. The third-order valence-electron chi connectivity index (χ3n) is 3.70. The smallest absolute Gasteiger partial charge is 0.373 e. The maximum Gasteiger partial charge on any atom is 0.373 e. The zero-order valence-electron chi connectivity index (χ0n) is 10.6. The Kier molecular flexibility index (Phi) is 2.55. The second kappa shape index (κ2) is 3.91. The van der Waals surface area contributed by atoms with Crippen LogP contribution in [-0.2, 0) is 0 Å². The SMILES string of the molecule is CC(C)C1(O)CN(c2nc3sccn3c2[N+](=O)[O-])C1. The van der Waals surface area contributed by atoms with Gasteiger partial charge < -0.3 is 20.1 Å². The zero-order chi connectivity index (χ0) is 13.8. The van der Waals surface area contributed by atoms with E-state index < -0.39 is 10.5 Å². The first kappa shape index (κ1) is 12.4. The van der Waals surface area contributed by atoms with Gasteiger partial charge in [-0.1, -0.05) is 25.2 Å². The summed E-state index contributed by atoms with van der Waals surface area (Å²) in [4.78, 5) is 17.4. The molecule has 1 fully saturated rings. The van der Waals surface area contributed by atoms with Crippen molar-refractivity contribution in [3.05, 3.63) is 21.7 Å². The summed E-state index contributed by atoms with van der Waals surface area (Å²) >= 11 is 1.36. The molecule has 3 rings (SSSR count). The molecule has 2 aromatic rings. The summed E-state index contributed by atoms with van der Waals surface area (Å²) in [7, 11) is 0. The number of hydrogen-bond acceptors (Lipinski definition) is 6. The molecule has 0 aliphatic carbocycles. The molecule has 2 aromatic heterocycles. The van der Waals surface area contributed by atoms with Gasteiger partial charge in [-0.3, -0.25) is 0 Å². The first-order valence-electron chi connectivity index (χ1n) is 5.99. The monoisotopic (exact) mass is 282 g/mol. The lowest BCUT2D eigenvalue weighted by molar-refractivity contribution is -0.389. The van der Waals surface area contributed by atoms with Gasteiger partial charge in [-0.15, -0.1) is 0 Å². The quantitative estimate of drug-likeness (QED) is 0.681. The summed E-state index contributed by atoms with van der Waals surface area (Å²) in [5, 5.41) is 23.2. The number of β-amino-alcohol motifs (C(OH)–C–C–N with tert-alkyl or cyclic N) is 1. The average Bonchev–Trinajstić information content (AvgIpc) is 2.82. The number of hydrogen-bond donors (Lipinski definition) is 1. The standard InChI is InChI=1S/C11H14N4O3S/c1-7(2)11(16)5-13(6-11)8-9(15(17)18)14-3-4-19-10(14)12-8/h3-4,7,16H,5-6H2,1-2H3. The van der Waals surface area contributed by atoms with Crippen LogP contribution in [0.25, 0.3) is 4.96 Å². The van der Waals surface area contributed by atoms with Crippen LogP contribution in [0.5, 0.6) is 0 Å². The van der Waals surface area contributed by atoms with E-state index in [0.29, 0.717) is 23.9 Å². The largest absolute Gasteiger partial charge is 0.386 e. The van der Waals surface area contributed by atoms with Gasteiger partial charge in [-0.25, -0.2) is 0 Å². The lowest BCUT2D eigenvalue weighted by Gasteiger charge is -2.48. The molecule has 7 nitrogen and oxygen atoms in total. The van der Waals surface area contributed by atoms with E-state index in [-0.39, 0.29) is 11.7 Å². The van der Waals surface area contributed by atoms with Crippen LogP contribution < -0.4 is 4.90 Å². The molecule has 0 radical (unpaired) electrons. The molecule has 1 N–H and O–H groups in total. The third kappa shape index (κ3) is 1.71. The van der Waals surface area contributed by atoms with Crippen molar-refractivity contribution >= 4 is 27.9 Å². The maximum absolute atomic E-state index is 11.2. The van der Waals surface area contributed by atoms with E-state index in [1.54, 1.807) is 16.5 Å². The Balaban J connectivity index is 1.97. The minimum atomic E-state index is -0.773. The summed E-state index contributed by atoms with van der Waals surface area (Å²) in [6.07, 6.45) is 1.64. The van der Waals surface area contributed by atoms with Gasteiger partial charge in [0, 0.05) is 5.38 Å². The molecule has 0 spiro atoms. The summed E-state index contributed by atoms with van der Waals surface area (Å²) in [5.41, 5.74) is -0.773. The van der Waals surface area contributed by atoms with Gasteiger partial charge in [0.1, 0.15) is 11.8 Å². The molecule has 102 valence electrons. The van der Waals surface area contributed by atoms with E-state index in [2.05, 4.69) is 4.98 Å². The first-order valence-corrected chi connectivity index (χ1v) is 6.87. The summed E-state index contributed by atoms with van der Waals surface area (Å²) in [6.45, 7) is 4.65. The molecule has 0 unspecified atom stereocenters. The summed E-state index contributed by atoms with van der Waals surface area (Å²) < 4.78 is 1.48. The molecule has 0 amide bonds. The second-order valence-corrected chi connectivity index (χ2v) is 6.06. The first-order chi connectivity index (χ1) is 8.92. The van der Waals surface area contributed by atoms with E-state index in [0.717, 1.165) is 0 Å². The second-order valence-electron chi connectivity index (χ2n) is 5.19. The molecule has 8 heteroatoms. The molecular formula is C11H14N4O3S. The Bertz CT molecular complexity index is 641. The molecule has 3 heterocycles. The van der Waals surface area contributed by atoms with E-state index in [1.165, 1.54) is 15.7 Å². The molecule has 1 aliphatic rings. The van der Waals surface area contributed by atoms with Gasteiger partial charge in [-0.2, -0.15) is 9.38 Å². The van der Waals surface area contributed by atoms with Crippen molar-refractivity contribution in [2.45, 2.75) is 19.4 Å². The number of nitro groups is 1. The van der Waals surface area contributed by atoms with Crippen molar-refractivity contribution in [3.63, 3.8) is 0 Å². The molecule has 1 saturated heterocycles. The van der Waals surface area contributed by atoms with Crippen LogP contribution >= 0.6 is 11.3 Å². The predicted octanol–water partition coefficient (Wildman–Crippen LogP) is 1.51. The van der Waals surface area contributed by atoms with E-state index in [9.17, 15) is 15.2 Å². The number of aliphatic hydroxyl groups is 1. The van der Waals surface area contributed by atoms with Gasteiger partial charge in [0.25, 0.3) is 4.96 Å². The molecule has 0 aromatic carbocycles. The highest BCUT2D eigenvalue weighted by Gasteiger charge is 2.47. The Morgan fingerprint density at radius 1 is 1.58 bits per heavy atom. The summed E-state index contributed by atoms with van der Waals surface area (Å²) in [5.74, 6) is 0.441. The average molecular weight is 282 g/mol. The zero-order valence-corrected chi connectivity index (χ0v) is 11.4. The minimum absolute atomic E-state index is 0.0259. The number of nitrogens with zero attached hydrogens (tertiary/aromatic N) is 4. The molecule has 19 heavy (non-hydrogen) atoms. The van der Waals surface area contributed by atoms with Crippen LogP contribution in [0, 0.1) is 16.0 Å². The van der Waals surface area contributed by atoms with Crippen LogP contribution in [0.15, 0.2) is 11.6 Å². The van der Waals surface area contributed by atoms with Crippen LogP contribution in [0.2, 0.25) is 0 Å². The number of fused-ring (bicyclic) bond motifs is 1. The number of thiazole rings is 1. The fraction of sp³-hybridized carbons (Fsp3) is 0.545.